The molecule has 1 aromatic heterocycles. The third kappa shape index (κ3) is 2.32. The number of oxazole rings is 1. The number of hydrogen-bond donors (Lipinski definition) is 1. The van der Waals surface area contributed by atoms with Crippen LogP contribution >= 0.6 is 0 Å². The number of carbonyl (C=O) groups is 2. The molecule has 2 aliphatic rings. The number of rotatable bonds is 2. The number of hydrogen-bond acceptors (Lipinski definition) is 4. The van der Waals surface area contributed by atoms with Crippen molar-refractivity contribution in [1.82, 2.24) is 9.88 Å². The van der Waals surface area contributed by atoms with Crippen LogP contribution in [0.25, 0.3) is 0 Å². The Bertz CT molecular complexity index is 580. The number of aryl methyl sites for hydroxylation is 2. The molecule has 114 valence electrons. The first-order valence-corrected chi connectivity index (χ1v) is 7.48. The van der Waals surface area contributed by atoms with Gasteiger partial charge in [0, 0.05) is 13.0 Å². The first-order valence-electron chi connectivity index (χ1n) is 7.48. The van der Waals surface area contributed by atoms with Gasteiger partial charge in [-0.15, -0.1) is 0 Å². The Morgan fingerprint density at radius 2 is 2.00 bits per heavy atom. The summed E-state index contributed by atoms with van der Waals surface area (Å²) in [4.78, 5) is 30.0. The van der Waals surface area contributed by atoms with Crippen molar-refractivity contribution < 1.29 is 19.1 Å². The Labute approximate surface area is 123 Å². The SMILES string of the molecule is Cc1nc(C)c(C(=O)N2C(C(=O)O)CC3CCCCC32)o1. The van der Waals surface area contributed by atoms with E-state index in [1.807, 2.05) is 0 Å². The molecule has 1 saturated heterocycles. The largest absolute Gasteiger partial charge is 0.480 e. The smallest absolute Gasteiger partial charge is 0.326 e. The summed E-state index contributed by atoms with van der Waals surface area (Å²) in [7, 11) is 0. The van der Waals surface area contributed by atoms with Crippen LogP contribution in [0.15, 0.2) is 4.42 Å². The van der Waals surface area contributed by atoms with E-state index in [1.165, 1.54) is 0 Å². The summed E-state index contributed by atoms with van der Waals surface area (Å²) in [5, 5.41) is 9.46. The zero-order valence-electron chi connectivity index (χ0n) is 12.3. The molecule has 6 heteroatoms. The molecule has 1 amide bonds. The van der Waals surface area contributed by atoms with E-state index in [0.29, 0.717) is 23.9 Å². The van der Waals surface area contributed by atoms with E-state index in [-0.39, 0.29) is 17.7 Å². The highest BCUT2D eigenvalue weighted by molar-refractivity contribution is 5.95. The molecule has 0 radical (unpaired) electrons. The van der Waals surface area contributed by atoms with Gasteiger partial charge < -0.3 is 14.4 Å². The summed E-state index contributed by atoms with van der Waals surface area (Å²) in [6.45, 7) is 3.40. The molecule has 1 N–H and O–H groups in total. The molecule has 1 aliphatic carbocycles. The third-order valence-electron chi connectivity index (χ3n) is 4.71. The average Bonchev–Trinajstić information content (AvgIpc) is 2.98. The molecule has 21 heavy (non-hydrogen) atoms. The predicted molar refractivity (Wildman–Crippen MR) is 73.9 cm³/mol. The van der Waals surface area contributed by atoms with Crippen LogP contribution in [0.4, 0.5) is 0 Å². The first-order chi connectivity index (χ1) is 9.99. The van der Waals surface area contributed by atoms with Crippen molar-refractivity contribution in [3.63, 3.8) is 0 Å². The Morgan fingerprint density at radius 1 is 1.29 bits per heavy atom. The molecule has 3 rings (SSSR count). The molecule has 3 atom stereocenters. The van der Waals surface area contributed by atoms with Gasteiger partial charge in [0.1, 0.15) is 6.04 Å². The fourth-order valence-corrected chi connectivity index (χ4v) is 3.82. The highest BCUT2D eigenvalue weighted by Gasteiger charge is 2.48. The molecule has 0 aromatic carbocycles. The lowest BCUT2D eigenvalue weighted by atomic mass is 9.84. The van der Waals surface area contributed by atoms with E-state index < -0.39 is 12.0 Å². The number of carboxylic acids is 1. The molecule has 6 nitrogen and oxygen atoms in total. The van der Waals surface area contributed by atoms with Gasteiger partial charge in [-0.1, -0.05) is 12.8 Å². The molecule has 3 unspecified atom stereocenters. The van der Waals surface area contributed by atoms with Gasteiger partial charge in [0.15, 0.2) is 5.89 Å². The monoisotopic (exact) mass is 292 g/mol. The van der Waals surface area contributed by atoms with Crippen LogP contribution in [-0.2, 0) is 4.79 Å². The highest BCUT2D eigenvalue weighted by Crippen LogP contribution is 2.40. The first kappa shape index (κ1) is 14.1. The molecule has 2 fully saturated rings. The summed E-state index contributed by atoms with van der Waals surface area (Å²) < 4.78 is 5.40. The second kappa shape index (κ2) is 5.16. The second-order valence-corrected chi connectivity index (χ2v) is 6.06. The van der Waals surface area contributed by atoms with E-state index in [0.717, 1.165) is 25.7 Å². The lowest BCUT2D eigenvalue weighted by Gasteiger charge is -2.32. The molecular formula is C15H20N2O4. The maximum Gasteiger partial charge on any atom is 0.326 e. The van der Waals surface area contributed by atoms with Crippen molar-refractivity contribution in [3.05, 3.63) is 17.3 Å². The molecular weight excluding hydrogens is 272 g/mol. The second-order valence-electron chi connectivity index (χ2n) is 6.06. The number of carbonyl (C=O) groups excluding carboxylic acids is 1. The molecule has 0 bridgehead atoms. The molecule has 1 aromatic rings. The standard InChI is InChI=1S/C15H20N2O4/c1-8-13(21-9(2)16-8)14(18)17-11-6-4-3-5-10(11)7-12(17)15(19)20/h10-12H,3-7H2,1-2H3,(H,19,20). The summed E-state index contributed by atoms with van der Waals surface area (Å²) >= 11 is 0. The van der Waals surface area contributed by atoms with Gasteiger partial charge in [-0.2, -0.15) is 0 Å². The summed E-state index contributed by atoms with van der Waals surface area (Å²) in [5.41, 5.74) is 0.529. The number of fused-ring (bicyclic) bond motifs is 1. The Balaban J connectivity index is 1.94. The number of carboxylic acid groups (broad SMARTS) is 1. The van der Waals surface area contributed by atoms with Crippen LogP contribution in [0.1, 0.15) is 54.2 Å². The van der Waals surface area contributed by atoms with Crippen molar-refractivity contribution in [3.8, 4) is 0 Å². The Morgan fingerprint density at radius 3 is 2.62 bits per heavy atom. The average molecular weight is 292 g/mol. The van der Waals surface area contributed by atoms with Gasteiger partial charge in [-0.05, 0) is 32.1 Å². The number of nitrogens with zero attached hydrogens (tertiary/aromatic N) is 2. The Kier molecular flexibility index (Phi) is 3.47. The normalized spacial score (nSPS) is 28.5. The van der Waals surface area contributed by atoms with Gasteiger partial charge >= 0.3 is 5.97 Å². The minimum Gasteiger partial charge on any atom is -0.480 e. The molecule has 1 saturated carbocycles. The lowest BCUT2D eigenvalue weighted by Crippen LogP contribution is -2.46. The zero-order chi connectivity index (χ0) is 15.1. The fourth-order valence-electron chi connectivity index (χ4n) is 3.82. The lowest BCUT2D eigenvalue weighted by molar-refractivity contribution is -0.141. The summed E-state index contributed by atoms with van der Waals surface area (Å²) in [6.07, 6.45) is 4.61. The summed E-state index contributed by atoms with van der Waals surface area (Å²) in [6, 6.07) is -0.715. The maximum atomic E-state index is 12.8. The van der Waals surface area contributed by atoms with E-state index in [1.54, 1.807) is 18.7 Å². The maximum absolute atomic E-state index is 12.8. The van der Waals surface area contributed by atoms with Crippen molar-refractivity contribution in [1.29, 1.82) is 0 Å². The third-order valence-corrected chi connectivity index (χ3v) is 4.71. The minimum absolute atomic E-state index is 0.0251. The topological polar surface area (TPSA) is 83.6 Å². The molecule has 1 aliphatic heterocycles. The van der Waals surface area contributed by atoms with Crippen LogP contribution in [0, 0.1) is 19.8 Å². The quantitative estimate of drug-likeness (QED) is 0.903. The van der Waals surface area contributed by atoms with Crippen molar-refractivity contribution >= 4 is 11.9 Å². The van der Waals surface area contributed by atoms with Crippen LogP contribution in [-0.4, -0.2) is 39.0 Å². The van der Waals surface area contributed by atoms with Crippen LogP contribution < -0.4 is 0 Å². The van der Waals surface area contributed by atoms with Crippen molar-refractivity contribution in [2.24, 2.45) is 5.92 Å². The fraction of sp³-hybridized carbons (Fsp3) is 0.667. The summed E-state index contributed by atoms with van der Waals surface area (Å²) in [5.74, 6) is -0.332. The number of aromatic nitrogens is 1. The number of aliphatic carboxylic acids is 1. The van der Waals surface area contributed by atoms with Crippen molar-refractivity contribution in [2.75, 3.05) is 0 Å². The van der Waals surface area contributed by atoms with E-state index in [4.69, 9.17) is 4.42 Å². The number of amides is 1. The molecule has 2 heterocycles. The van der Waals surface area contributed by atoms with Crippen LogP contribution in [0.2, 0.25) is 0 Å². The van der Waals surface area contributed by atoms with Gasteiger partial charge in [-0.25, -0.2) is 9.78 Å². The van der Waals surface area contributed by atoms with E-state index >= 15 is 0 Å². The van der Waals surface area contributed by atoms with Gasteiger partial charge in [0.25, 0.3) is 5.91 Å². The number of likely N-dealkylation sites (tertiary alicyclic amines) is 1. The van der Waals surface area contributed by atoms with Crippen molar-refractivity contribution in [2.45, 2.75) is 58.0 Å². The minimum atomic E-state index is -0.924. The van der Waals surface area contributed by atoms with Crippen LogP contribution in [0.5, 0.6) is 0 Å². The predicted octanol–water partition coefficient (Wildman–Crippen LogP) is 2.15. The zero-order valence-corrected chi connectivity index (χ0v) is 12.3. The van der Waals surface area contributed by atoms with Crippen LogP contribution in [0.3, 0.4) is 0 Å². The van der Waals surface area contributed by atoms with Gasteiger partial charge in [0.05, 0.1) is 5.69 Å². The van der Waals surface area contributed by atoms with Gasteiger partial charge in [-0.3, -0.25) is 4.79 Å². The Hall–Kier alpha value is -1.85. The van der Waals surface area contributed by atoms with E-state index in [9.17, 15) is 14.7 Å². The molecule has 0 spiro atoms. The van der Waals surface area contributed by atoms with Gasteiger partial charge in [0.2, 0.25) is 5.76 Å². The van der Waals surface area contributed by atoms with E-state index in [2.05, 4.69) is 4.98 Å². The highest BCUT2D eigenvalue weighted by atomic mass is 16.4.